The number of aromatic amines is 1. The van der Waals surface area contributed by atoms with E-state index in [9.17, 15) is 4.79 Å². The number of hydrogen-bond acceptors (Lipinski definition) is 3. The van der Waals surface area contributed by atoms with Gasteiger partial charge in [-0.15, -0.1) is 0 Å². The quantitative estimate of drug-likeness (QED) is 0.296. The molecule has 36 heavy (non-hydrogen) atoms. The Kier molecular flexibility index (Phi) is 4.68. The minimum atomic E-state index is -0.225. The van der Waals surface area contributed by atoms with Crippen LogP contribution in [0.2, 0.25) is 0 Å². The van der Waals surface area contributed by atoms with Gasteiger partial charge in [-0.1, -0.05) is 68.4 Å². The summed E-state index contributed by atoms with van der Waals surface area (Å²) in [5.74, 6) is 1.66. The molecule has 0 spiro atoms. The largest absolute Gasteiger partial charge is 0.361 e. The number of para-hydroxylation sites is 3. The Labute approximate surface area is 209 Å². The summed E-state index contributed by atoms with van der Waals surface area (Å²) in [6.07, 6.45) is 3.38. The Balaban J connectivity index is 1.39. The van der Waals surface area contributed by atoms with Gasteiger partial charge < -0.3 is 10.3 Å². The van der Waals surface area contributed by atoms with Crippen LogP contribution < -0.4 is 5.32 Å². The molecule has 5 aromatic rings. The Bertz CT molecular complexity index is 1670. The molecule has 2 N–H and O–H groups in total. The molecular weight excluding hydrogens is 444 g/mol. The Hall–Kier alpha value is -4.12. The van der Waals surface area contributed by atoms with Gasteiger partial charge in [0.15, 0.2) is 5.78 Å². The Morgan fingerprint density at radius 1 is 0.944 bits per heavy atom. The summed E-state index contributed by atoms with van der Waals surface area (Å²) in [6, 6.07) is 25.1. The highest BCUT2D eigenvalue weighted by molar-refractivity contribution is 6.02. The van der Waals surface area contributed by atoms with Crippen LogP contribution in [-0.2, 0) is 4.79 Å². The maximum atomic E-state index is 14.0. The predicted molar refractivity (Wildman–Crippen MR) is 144 cm³/mol. The molecular formula is C31H28N4O. The van der Waals surface area contributed by atoms with Crippen LogP contribution in [0.3, 0.4) is 0 Å². The first-order chi connectivity index (χ1) is 17.6. The van der Waals surface area contributed by atoms with Gasteiger partial charge in [0.25, 0.3) is 0 Å². The van der Waals surface area contributed by atoms with Gasteiger partial charge in [0, 0.05) is 40.4 Å². The minimum Gasteiger partial charge on any atom is -0.361 e. The van der Waals surface area contributed by atoms with Crippen molar-refractivity contribution in [1.82, 2.24) is 14.5 Å². The van der Waals surface area contributed by atoms with Crippen LogP contribution in [0.5, 0.6) is 0 Å². The number of carbonyl (C=O) groups excluding carboxylic acids is 1. The number of carbonyl (C=O) groups is 1. The van der Waals surface area contributed by atoms with Crippen LogP contribution >= 0.6 is 0 Å². The second kappa shape index (κ2) is 7.95. The van der Waals surface area contributed by atoms with E-state index < -0.39 is 0 Å². The lowest BCUT2D eigenvalue weighted by Gasteiger charge is -2.36. The summed E-state index contributed by atoms with van der Waals surface area (Å²) in [6.45, 7) is 4.41. The second-order valence-corrected chi connectivity index (χ2v) is 10.4. The van der Waals surface area contributed by atoms with Gasteiger partial charge in [-0.25, -0.2) is 4.98 Å². The molecule has 2 aromatic heterocycles. The molecule has 178 valence electrons. The van der Waals surface area contributed by atoms with Gasteiger partial charge >= 0.3 is 0 Å². The molecule has 7 rings (SSSR count). The summed E-state index contributed by atoms with van der Waals surface area (Å²) >= 11 is 0. The van der Waals surface area contributed by atoms with E-state index in [0.717, 1.165) is 51.1 Å². The number of Topliss-reactive ketones (excluding diaryl/α,β-unsaturated/α-hetero) is 1. The van der Waals surface area contributed by atoms with Crippen LogP contribution in [0.4, 0.5) is 5.95 Å². The van der Waals surface area contributed by atoms with E-state index in [1.54, 1.807) is 0 Å². The molecule has 0 unspecified atom stereocenters. The zero-order valence-corrected chi connectivity index (χ0v) is 20.5. The zero-order chi connectivity index (χ0) is 24.4. The lowest BCUT2D eigenvalue weighted by molar-refractivity contribution is -0.116. The van der Waals surface area contributed by atoms with Crippen molar-refractivity contribution in [3.63, 3.8) is 0 Å². The molecule has 0 saturated heterocycles. The van der Waals surface area contributed by atoms with E-state index in [2.05, 4.69) is 83.4 Å². The maximum Gasteiger partial charge on any atom is 0.209 e. The average Bonchev–Trinajstić information content (AvgIpc) is 3.49. The first-order valence-electron chi connectivity index (χ1n) is 12.7. The SMILES string of the molecule is CC(C)c1ccc([C@@H]2CC(=O)C3=C(C2)Nc2nc4ccccc4n2[C@@H]3c2c[nH]c3ccccc23)cc1. The van der Waals surface area contributed by atoms with Crippen LogP contribution in [0.25, 0.3) is 21.9 Å². The molecule has 1 aliphatic carbocycles. The number of nitrogens with zero attached hydrogens (tertiary/aromatic N) is 2. The van der Waals surface area contributed by atoms with Crippen molar-refractivity contribution >= 4 is 33.7 Å². The van der Waals surface area contributed by atoms with Crippen molar-refractivity contribution < 1.29 is 4.79 Å². The molecule has 1 aliphatic heterocycles. The summed E-state index contributed by atoms with van der Waals surface area (Å²) < 4.78 is 2.21. The number of benzene rings is 3. The molecule has 0 bridgehead atoms. The number of allylic oxidation sites excluding steroid dienone is 2. The lowest BCUT2D eigenvalue weighted by atomic mass is 9.77. The summed E-state index contributed by atoms with van der Waals surface area (Å²) in [5, 5.41) is 4.73. The Morgan fingerprint density at radius 3 is 2.56 bits per heavy atom. The number of nitrogens with one attached hydrogen (secondary N) is 2. The first-order valence-corrected chi connectivity index (χ1v) is 12.7. The molecule has 0 fully saturated rings. The molecule has 0 amide bonds. The Morgan fingerprint density at radius 2 is 1.72 bits per heavy atom. The highest BCUT2D eigenvalue weighted by Crippen LogP contribution is 2.47. The molecule has 0 saturated carbocycles. The van der Waals surface area contributed by atoms with Crippen molar-refractivity contribution in [2.45, 2.75) is 44.6 Å². The normalized spacial score (nSPS) is 19.6. The second-order valence-electron chi connectivity index (χ2n) is 10.4. The standard InChI is InChI=1S/C31H28N4O/c1-18(2)19-11-13-20(14-12-19)21-15-26-29(28(36)16-21)30(23-17-32-24-8-4-3-7-22(23)24)35-27-10-6-5-9-25(27)33-31(35)34-26/h3-14,17-18,21,30,32H,15-16H2,1-2H3,(H,33,34)/t21-,30+/m0/s1. The lowest BCUT2D eigenvalue weighted by Crippen LogP contribution is -2.33. The van der Waals surface area contributed by atoms with E-state index >= 15 is 0 Å². The van der Waals surface area contributed by atoms with Crippen LogP contribution in [-0.4, -0.2) is 20.3 Å². The predicted octanol–water partition coefficient (Wildman–Crippen LogP) is 7.06. The van der Waals surface area contributed by atoms with Gasteiger partial charge in [0.2, 0.25) is 5.95 Å². The fourth-order valence-electron chi connectivity index (χ4n) is 6.03. The molecule has 3 aromatic carbocycles. The fraction of sp³-hybridized carbons (Fsp3) is 0.226. The smallest absolute Gasteiger partial charge is 0.209 e. The number of anilines is 1. The first kappa shape index (κ1) is 21.2. The highest BCUT2D eigenvalue weighted by atomic mass is 16.1. The number of H-pyrrole nitrogens is 1. The van der Waals surface area contributed by atoms with Gasteiger partial charge in [0.05, 0.1) is 17.1 Å². The van der Waals surface area contributed by atoms with Gasteiger partial charge in [0.1, 0.15) is 0 Å². The third kappa shape index (κ3) is 3.15. The molecule has 5 heteroatoms. The third-order valence-corrected chi connectivity index (χ3v) is 7.89. The van der Waals surface area contributed by atoms with Crippen LogP contribution in [0, 0.1) is 0 Å². The number of imidazole rings is 1. The van der Waals surface area contributed by atoms with E-state index in [1.165, 1.54) is 11.1 Å². The van der Waals surface area contributed by atoms with E-state index in [1.807, 2.05) is 24.3 Å². The topological polar surface area (TPSA) is 62.7 Å². The van der Waals surface area contributed by atoms with E-state index in [0.29, 0.717) is 12.3 Å². The van der Waals surface area contributed by atoms with Gasteiger partial charge in [-0.05, 0) is 47.6 Å². The molecule has 3 heterocycles. The van der Waals surface area contributed by atoms with Gasteiger partial charge in [-0.3, -0.25) is 9.36 Å². The summed E-state index contributed by atoms with van der Waals surface area (Å²) in [7, 11) is 0. The van der Waals surface area contributed by atoms with E-state index in [-0.39, 0.29) is 17.7 Å². The van der Waals surface area contributed by atoms with Crippen molar-refractivity contribution in [1.29, 1.82) is 0 Å². The number of fused-ring (bicyclic) bond motifs is 4. The number of hydrogen-bond donors (Lipinski definition) is 2. The third-order valence-electron chi connectivity index (χ3n) is 7.89. The molecule has 2 aliphatic rings. The van der Waals surface area contributed by atoms with Crippen molar-refractivity contribution in [3.05, 3.63) is 107 Å². The van der Waals surface area contributed by atoms with Crippen molar-refractivity contribution in [2.24, 2.45) is 0 Å². The zero-order valence-electron chi connectivity index (χ0n) is 20.5. The fourth-order valence-corrected chi connectivity index (χ4v) is 6.03. The highest BCUT2D eigenvalue weighted by Gasteiger charge is 2.40. The van der Waals surface area contributed by atoms with Gasteiger partial charge in [-0.2, -0.15) is 0 Å². The monoisotopic (exact) mass is 472 g/mol. The van der Waals surface area contributed by atoms with Crippen molar-refractivity contribution in [3.8, 4) is 0 Å². The van der Waals surface area contributed by atoms with Crippen LogP contribution in [0.1, 0.15) is 61.3 Å². The summed E-state index contributed by atoms with van der Waals surface area (Å²) in [4.78, 5) is 22.3. The average molecular weight is 473 g/mol. The minimum absolute atomic E-state index is 0.157. The molecule has 0 radical (unpaired) electrons. The maximum absolute atomic E-state index is 14.0. The number of rotatable bonds is 3. The molecule has 2 atom stereocenters. The number of aromatic nitrogens is 3. The summed E-state index contributed by atoms with van der Waals surface area (Å²) in [5.41, 5.74) is 8.56. The number of ketones is 1. The van der Waals surface area contributed by atoms with Crippen LogP contribution in [0.15, 0.2) is 90.3 Å². The molecule has 5 nitrogen and oxygen atoms in total. The van der Waals surface area contributed by atoms with E-state index in [4.69, 9.17) is 4.98 Å². The van der Waals surface area contributed by atoms with Crippen molar-refractivity contribution in [2.75, 3.05) is 5.32 Å².